The van der Waals surface area contributed by atoms with Crippen molar-refractivity contribution in [1.29, 1.82) is 0 Å². The number of rotatable bonds is 6. The van der Waals surface area contributed by atoms with Crippen LogP contribution < -0.4 is 4.90 Å². The van der Waals surface area contributed by atoms with Gasteiger partial charge in [0.1, 0.15) is 4.88 Å². The van der Waals surface area contributed by atoms with Crippen molar-refractivity contribution >= 4 is 40.5 Å². The first-order chi connectivity index (χ1) is 15.4. The maximum absolute atomic E-state index is 13.6. The van der Waals surface area contributed by atoms with Crippen LogP contribution in [0.3, 0.4) is 0 Å². The Kier molecular flexibility index (Phi) is 6.40. The lowest BCUT2D eigenvalue weighted by Crippen LogP contribution is -2.31. The Labute approximate surface area is 195 Å². The van der Waals surface area contributed by atoms with Gasteiger partial charge >= 0.3 is 5.97 Å². The number of hydrogen-bond acceptors (Lipinski definition) is 3. The molecule has 32 heavy (non-hydrogen) atoms. The van der Waals surface area contributed by atoms with Crippen LogP contribution in [-0.4, -0.2) is 17.0 Å². The van der Waals surface area contributed by atoms with Crippen molar-refractivity contribution in [3.05, 3.63) is 112 Å². The van der Waals surface area contributed by atoms with Gasteiger partial charge in [-0.25, -0.2) is 4.79 Å². The molecule has 0 saturated carbocycles. The van der Waals surface area contributed by atoms with E-state index in [2.05, 4.69) is 0 Å². The summed E-state index contributed by atoms with van der Waals surface area (Å²) in [5.74, 6) is -1.36. The molecule has 0 spiro atoms. The number of carboxylic acid groups (broad SMARTS) is 1. The van der Waals surface area contributed by atoms with Gasteiger partial charge in [0.15, 0.2) is 0 Å². The van der Waals surface area contributed by atoms with Gasteiger partial charge in [-0.2, -0.15) is 0 Å². The molecular weight excluding hydrogens is 442 g/mol. The van der Waals surface area contributed by atoms with E-state index in [1.165, 1.54) is 4.90 Å². The van der Waals surface area contributed by atoms with E-state index in [1.807, 2.05) is 67.6 Å². The van der Waals surface area contributed by atoms with Gasteiger partial charge in [0.2, 0.25) is 0 Å². The number of aromatic carboxylic acids is 1. The Bertz CT molecular complexity index is 1270. The Morgan fingerprint density at radius 3 is 2.25 bits per heavy atom. The summed E-state index contributed by atoms with van der Waals surface area (Å²) in [5, 5.41) is 10.4. The number of carbonyl (C=O) groups excluding carboxylic acids is 1. The van der Waals surface area contributed by atoms with Crippen molar-refractivity contribution in [3.8, 4) is 10.4 Å². The normalized spacial score (nSPS) is 10.7. The Hall–Kier alpha value is -3.41. The quantitative estimate of drug-likeness (QED) is 0.339. The number of thiophene rings is 1. The molecule has 0 atom stereocenters. The summed E-state index contributed by atoms with van der Waals surface area (Å²) in [7, 11) is 0. The van der Waals surface area contributed by atoms with Gasteiger partial charge < -0.3 is 10.0 Å². The number of nitrogens with zero attached hydrogens (tertiary/aromatic N) is 1. The average Bonchev–Trinajstić information content (AvgIpc) is 3.25. The van der Waals surface area contributed by atoms with Crippen LogP contribution in [0.5, 0.6) is 0 Å². The van der Waals surface area contributed by atoms with Crippen LogP contribution in [0.25, 0.3) is 10.4 Å². The molecule has 0 saturated heterocycles. The van der Waals surface area contributed by atoms with Crippen molar-refractivity contribution in [1.82, 2.24) is 0 Å². The molecule has 0 aliphatic rings. The van der Waals surface area contributed by atoms with E-state index in [-0.39, 0.29) is 17.3 Å². The topological polar surface area (TPSA) is 57.6 Å². The summed E-state index contributed by atoms with van der Waals surface area (Å²) in [6.45, 7) is 2.10. The third kappa shape index (κ3) is 4.59. The van der Waals surface area contributed by atoms with Gasteiger partial charge in [-0.3, -0.25) is 4.79 Å². The van der Waals surface area contributed by atoms with E-state index < -0.39 is 5.97 Å². The molecule has 6 heteroatoms. The zero-order valence-electron chi connectivity index (χ0n) is 17.3. The minimum Gasteiger partial charge on any atom is -0.477 e. The lowest BCUT2D eigenvalue weighted by molar-refractivity contribution is 0.0703. The molecule has 1 aromatic heterocycles. The van der Waals surface area contributed by atoms with Gasteiger partial charge in [0.05, 0.1) is 12.2 Å². The first kappa shape index (κ1) is 21.8. The van der Waals surface area contributed by atoms with E-state index in [0.29, 0.717) is 16.3 Å². The summed E-state index contributed by atoms with van der Waals surface area (Å²) in [6.07, 6.45) is 0. The van der Waals surface area contributed by atoms with Crippen LogP contribution in [0.4, 0.5) is 5.69 Å². The lowest BCUT2D eigenvalue weighted by Gasteiger charge is -2.23. The standard InChI is InChI=1S/C26H20ClNO3S/c1-17-11-13-19(14-12-17)25(29)28(16-20-9-5-6-10-21(20)27)22-15-23(32-24(22)26(30)31)18-7-3-2-4-8-18/h2-15H,16H2,1H3,(H,30,31). The number of halogens is 1. The fourth-order valence-electron chi connectivity index (χ4n) is 3.40. The SMILES string of the molecule is Cc1ccc(C(=O)N(Cc2ccccc2Cl)c2cc(-c3ccccc3)sc2C(=O)O)cc1. The predicted molar refractivity (Wildman–Crippen MR) is 130 cm³/mol. The number of amides is 1. The van der Waals surface area contributed by atoms with E-state index >= 15 is 0 Å². The average molecular weight is 462 g/mol. The van der Waals surface area contributed by atoms with Gasteiger partial charge in [0, 0.05) is 15.5 Å². The van der Waals surface area contributed by atoms with E-state index in [9.17, 15) is 14.7 Å². The molecule has 4 aromatic rings. The van der Waals surface area contributed by atoms with Crippen LogP contribution in [-0.2, 0) is 6.54 Å². The van der Waals surface area contributed by atoms with Gasteiger partial charge in [-0.15, -0.1) is 11.3 Å². The summed E-state index contributed by atoms with van der Waals surface area (Å²) in [5.41, 5.74) is 3.50. The van der Waals surface area contributed by atoms with Gasteiger partial charge in [0.25, 0.3) is 5.91 Å². The van der Waals surface area contributed by atoms with Gasteiger partial charge in [-0.05, 0) is 42.3 Å². The zero-order valence-corrected chi connectivity index (χ0v) is 18.9. The molecule has 3 aromatic carbocycles. The third-order valence-electron chi connectivity index (χ3n) is 5.09. The molecule has 0 bridgehead atoms. The Morgan fingerprint density at radius 2 is 1.59 bits per heavy atom. The molecule has 1 heterocycles. The van der Waals surface area contributed by atoms with Crippen LogP contribution in [0.2, 0.25) is 5.02 Å². The molecule has 4 rings (SSSR count). The van der Waals surface area contributed by atoms with Crippen molar-refractivity contribution in [2.45, 2.75) is 13.5 Å². The maximum atomic E-state index is 13.6. The number of carboxylic acids is 1. The number of carbonyl (C=O) groups is 2. The second kappa shape index (κ2) is 9.39. The maximum Gasteiger partial charge on any atom is 0.348 e. The van der Waals surface area contributed by atoms with E-state index in [4.69, 9.17) is 11.6 Å². The fraction of sp³-hybridized carbons (Fsp3) is 0.0769. The molecule has 0 aliphatic heterocycles. The van der Waals surface area contributed by atoms with Crippen molar-refractivity contribution in [2.24, 2.45) is 0 Å². The molecule has 0 radical (unpaired) electrons. The molecule has 0 aliphatic carbocycles. The van der Waals surface area contributed by atoms with Crippen molar-refractivity contribution in [3.63, 3.8) is 0 Å². The third-order valence-corrected chi connectivity index (χ3v) is 6.62. The zero-order chi connectivity index (χ0) is 22.7. The lowest BCUT2D eigenvalue weighted by atomic mass is 10.1. The fourth-order valence-corrected chi connectivity index (χ4v) is 4.60. The highest BCUT2D eigenvalue weighted by Gasteiger charge is 2.27. The van der Waals surface area contributed by atoms with Crippen LogP contribution >= 0.6 is 22.9 Å². The largest absolute Gasteiger partial charge is 0.477 e. The number of benzene rings is 3. The number of aryl methyl sites for hydroxylation is 1. The second-order valence-electron chi connectivity index (χ2n) is 7.34. The van der Waals surface area contributed by atoms with E-state index in [1.54, 1.807) is 24.3 Å². The summed E-state index contributed by atoms with van der Waals surface area (Å²) in [4.78, 5) is 28.1. The highest BCUT2D eigenvalue weighted by molar-refractivity contribution is 7.18. The molecule has 0 unspecified atom stereocenters. The molecule has 1 N–H and O–H groups in total. The minimum absolute atomic E-state index is 0.108. The second-order valence-corrected chi connectivity index (χ2v) is 8.80. The first-order valence-electron chi connectivity index (χ1n) is 9.98. The first-order valence-corrected chi connectivity index (χ1v) is 11.2. The van der Waals surface area contributed by atoms with Crippen molar-refractivity contribution < 1.29 is 14.7 Å². The summed E-state index contributed by atoms with van der Waals surface area (Å²) < 4.78 is 0. The Morgan fingerprint density at radius 1 is 0.938 bits per heavy atom. The minimum atomic E-state index is -1.08. The van der Waals surface area contributed by atoms with Crippen molar-refractivity contribution in [2.75, 3.05) is 4.90 Å². The molecule has 1 amide bonds. The van der Waals surface area contributed by atoms with Crippen LogP contribution in [0.1, 0.15) is 31.2 Å². The summed E-state index contributed by atoms with van der Waals surface area (Å²) in [6, 6.07) is 25.8. The smallest absolute Gasteiger partial charge is 0.348 e. The molecule has 160 valence electrons. The molecular formula is C26H20ClNO3S. The van der Waals surface area contributed by atoms with Gasteiger partial charge in [-0.1, -0.05) is 77.8 Å². The summed E-state index contributed by atoms with van der Waals surface area (Å²) >= 11 is 7.53. The Balaban J connectivity index is 1.84. The highest BCUT2D eigenvalue weighted by atomic mass is 35.5. The van der Waals surface area contributed by atoms with Crippen LogP contribution in [0.15, 0.2) is 84.9 Å². The monoisotopic (exact) mass is 461 g/mol. The predicted octanol–water partition coefficient (Wildman–Crippen LogP) is 6.92. The number of hydrogen-bond donors (Lipinski definition) is 1. The number of anilines is 1. The molecule has 4 nitrogen and oxygen atoms in total. The molecule has 0 fully saturated rings. The van der Waals surface area contributed by atoms with E-state index in [0.717, 1.165) is 32.9 Å². The highest BCUT2D eigenvalue weighted by Crippen LogP contribution is 2.38. The van der Waals surface area contributed by atoms with Crippen LogP contribution in [0, 0.1) is 6.92 Å².